The molecule has 1 heterocycles. The van der Waals surface area contributed by atoms with E-state index in [4.69, 9.17) is 14.2 Å². The van der Waals surface area contributed by atoms with E-state index in [0.717, 1.165) is 0 Å². The summed E-state index contributed by atoms with van der Waals surface area (Å²) in [5.74, 6) is -0.676. The number of fused-ring (bicyclic) bond motifs is 1. The number of rotatable bonds is 8. The average molecular weight is 592 g/mol. The fourth-order valence-corrected chi connectivity index (χ4v) is 4.74. The second-order valence-electron chi connectivity index (χ2n) is 7.53. The molecule has 12 nitrogen and oxygen atoms in total. The van der Waals surface area contributed by atoms with Gasteiger partial charge in [0.2, 0.25) is 0 Å². The van der Waals surface area contributed by atoms with Gasteiger partial charge in [0.15, 0.2) is 18.1 Å². The molecule has 0 atom stereocenters. The minimum absolute atomic E-state index is 0.0223. The van der Waals surface area contributed by atoms with Gasteiger partial charge in [-0.15, -0.1) is 0 Å². The number of hydrogen-bond acceptors (Lipinski definition) is 9. The number of esters is 1. The second-order valence-corrected chi connectivity index (χ2v) is 10.1. The van der Waals surface area contributed by atoms with Crippen LogP contribution in [-0.2, 0) is 19.6 Å². The van der Waals surface area contributed by atoms with E-state index in [1.165, 1.54) is 60.7 Å². The number of non-ortho nitro benzene ring substituents is 1. The van der Waals surface area contributed by atoms with Crippen LogP contribution in [0.5, 0.6) is 11.5 Å². The van der Waals surface area contributed by atoms with Gasteiger partial charge in [0.05, 0.1) is 21.1 Å². The van der Waals surface area contributed by atoms with Gasteiger partial charge in [-0.3, -0.25) is 19.6 Å². The molecule has 0 radical (unpaired) electrons. The number of nitrogens with one attached hydrogen (secondary N) is 2. The summed E-state index contributed by atoms with van der Waals surface area (Å²) in [4.78, 5) is 34.6. The Morgan fingerprint density at radius 1 is 1.00 bits per heavy atom. The van der Waals surface area contributed by atoms with Crippen molar-refractivity contribution in [2.45, 2.75) is 4.90 Å². The fourth-order valence-electron chi connectivity index (χ4n) is 3.20. The number of nitro benzene ring substituents is 1. The van der Waals surface area contributed by atoms with Crippen molar-refractivity contribution in [1.82, 2.24) is 0 Å². The van der Waals surface area contributed by atoms with Gasteiger partial charge < -0.3 is 19.5 Å². The van der Waals surface area contributed by atoms with Crippen LogP contribution in [0.15, 0.2) is 70.0 Å². The molecule has 0 aromatic heterocycles. The summed E-state index contributed by atoms with van der Waals surface area (Å²) < 4.78 is 44.0. The number of carbonyl (C=O) groups excluding carboxylic acids is 2. The summed E-state index contributed by atoms with van der Waals surface area (Å²) in [6.07, 6.45) is 0. The highest BCUT2D eigenvalue weighted by atomic mass is 79.9. The molecule has 0 saturated heterocycles. The number of carbonyl (C=O) groups is 2. The molecule has 0 saturated carbocycles. The first-order valence-electron chi connectivity index (χ1n) is 10.6. The molecule has 2 N–H and O–H groups in total. The van der Waals surface area contributed by atoms with Gasteiger partial charge in [-0.2, -0.15) is 0 Å². The van der Waals surface area contributed by atoms with E-state index in [1.54, 1.807) is 0 Å². The Hall–Kier alpha value is -4.17. The van der Waals surface area contributed by atoms with E-state index in [-0.39, 0.29) is 32.0 Å². The van der Waals surface area contributed by atoms with Crippen molar-refractivity contribution in [3.8, 4) is 11.5 Å². The lowest BCUT2D eigenvalue weighted by Gasteiger charge is -2.19. The van der Waals surface area contributed by atoms with Gasteiger partial charge in [0.25, 0.3) is 21.6 Å². The van der Waals surface area contributed by atoms with Gasteiger partial charge >= 0.3 is 5.97 Å². The number of anilines is 2. The molecular weight excluding hydrogens is 574 g/mol. The molecule has 0 unspecified atom stereocenters. The Morgan fingerprint density at radius 3 is 2.38 bits per heavy atom. The minimum atomic E-state index is -3.94. The monoisotopic (exact) mass is 591 g/mol. The molecule has 0 fully saturated rings. The Morgan fingerprint density at radius 2 is 1.70 bits per heavy atom. The molecule has 1 aliphatic rings. The largest absolute Gasteiger partial charge is 0.486 e. The summed E-state index contributed by atoms with van der Waals surface area (Å²) in [6, 6.07) is 13.5. The normalized spacial score (nSPS) is 12.4. The highest BCUT2D eigenvalue weighted by Gasteiger charge is 2.20. The highest BCUT2D eigenvalue weighted by molar-refractivity contribution is 9.10. The SMILES string of the molecule is O=C(COC(=O)c1ccc(NS(=O)(=O)c2ccc3c(c2)OCCO3)cc1)Nc1ccc([N+](=O)[O-])cc1Br. The van der Waals surface area contributed by atoms with Gasteiger partial charge in [-0.1, -0.05) is 0 Å². The van der Waals surface area contributed by atoms with Crippen LogP contribution in [0.2, 0.25) is 0 Å². The number of nitrogens with zero attached hydrogens (tertiary/aromatic N) is 1. The van der Waals surface area contributed by atoms with Crippen molar-refractivity contribution in [2.24, 2.45) is 0 Å². The smallest absolute Gasteiger partial charge is 0.338 e. The third-order valence-corrected chi connectivity index (χ3v) is 7.00. The Balaban J connectivity index is 1.33. The molecule has 37 heavy (non-hydrogen) atoms. The Bertz CT molecular complexity index is 1480. The van der Waals surface area contributed by atoms with Crippen molar-refractivity contribution < 1.29 is 37.1 Å². The minimum Gasteiger partial charge on any atom is -0.486 e. The van der Waals surface area contributed by atoms with Gasteiger partial charge in [0.1, 0.15) is 13.2 Å². The van der Waals surface area contributed by atoms with Gasteiger partial charge in [-0.05, 0) is 58.4 Å². The summed E-state index contributed by atoms with van der Waals surface area (Å²) in [5, 5.41) is 13.3. The van der Waals surface area contributed by atoms with E-state index < -0.39 is 33.4 Å². The standard InChI is InChI=1S/C23H18BrN3O9S/c24-18-11-16(27(30)31)5-7-19(18)25-22(28)13-36-23(29)14-1-3-15(4-2-14)26-37(32,33)17-6-8-20-21(12-17)35-10-9-34-20/h1-8,11-12,26H,9-10,13H2,(H,25,28). The van der Waals surface area contributed by atoms with E-state index in [0.29, 0.717) is 24.7 Å². The maximum absolute atomic E-state index is 12.7. The quantitative estimate of drug-likeness (QED) is 0.225. The molecular formula is C23H18BrN3O9S. The lowest BCUT2D eigenvalue weighted by atomic mass is 10.2. The molecule has 0 spiro atoms. The lowest BCUT2D eigenvalue weighted by molar-refractivity contribution is -0.384. The Kier molecular flexibility index (Phi) is 7.59. The van der Waals surface area contributed by atoms with E-state index in [2.05, 4.69) is 26.0 Å². The van der Waals surface area contributed by atoms with Crippen LogP contribution in [-0.4, -0.2) is 45.0 Å². The molecule has 0 bridgehead atoms. The van der Waals surface area contributed by atoms with Crippen molar-refractivity contribution in [2.75, 3.05) is 29.9 Å². The van der Waals surface area contributed by atoms with Crippen LogP contribution in [0.25, 0.3) is 0 Å². The molecule has 1 amide bonds. The van der Waals surface area contributed by atoms with Crippen molar-refractivity contribution in [3.63, 3.8) is 0 Å². The van der Waals surface area contributed by atoms with Crippen LogP contribution in [0, 0.1) is 10.1 Å². The summed E-state index contributed by atoms with van der Waals surface area (Å²) in [7, 11) is -3.94. The maximum Gasteiger partial charge on any atom is 0.338 e. The molecule has 14 heteroatoms. The Labute approximate surface area is 218 Å². The predicted molar refractivity (Wildman–Crippen MR) is 134 cm³/mol. The number of sulfonamides is 1. The first kappa shape index (κ1) is 25.9. The fraction of sp³-hybridized carbons (Fsp3) is 0.130. The van der Waals surface area contributed by atoms with Crippen LogP contribution in [0.4, 0.5) is 17.1 Å². The van der Waals surface area contributed by atoms with E-state index in [1.807, 2.05) is 0 Å². The van der Waals surface area contributed by atoms with Crippen molar-refractivity contribution in [1.29, 1.82) is 0 Å². The zero-order valence-corrected chi connectivity index (χ0v) is 21.2. The number of hydrogen-bond donors (Lipinski definition) is 2. The molecule has 1 aliphatic heterocycles. The molecule has 4 rings (SSSR count). The third kappa shape index (κ3) is 6.34. The van der Waals surface area contributed by atoms with E-state index >= 15 is 0 Å². The first-order chi connectivity index (χ1) is 17.6. The topological polar surface area (TPSA) is 163 Å². The summed E-state index contributed by atoms with van der Waals surface area (Å²) in [6.45, 7) is 0.0901. The van der Waals surface area contributed by atoms with Crippen LogP contribution >= 0.6 is 15.9 Å². The zero-order valence-electron chi connectivity index (χ0n) is 18.8. The van der Waals surface area contributed by atoms with Crippen molar-refractivity contribution >= 4 is 54.9 Å². The van der Waals surface area contributed by atoms with Crippen molar-refractivity contribution in [3.05, 3.63) is 80.8 Å². The van der Waals surface area contributed by atoms with Gasteiger partial charge in [-0.25, -0.2) is 13.2 Å². The lowest BCUT2D eigenvalue weighted by Crippen LogP contribution is -2.21. The zero-order chi connectivity index (χ0) is 26.6. The van der Waals surface area contributed by atoms with Crippen LogP contribution < -0.4 is 19.5 Å². The molecule has 192 valence electrons. The molecule has 0 aliphatic carbocycles. The second kappa shape index (κ2) is 10.8. The summed E-state index contributed by atoms with van der Waals surface area (Å²) >= 11 is 3.13. The number of benzene rings is 3. The van der Waals surface area contributed by atoms with E-state index in [9.17, 15) is 28.1 Å². The summed E-state index contributed by atoms with van der Waals surface area (Å²) in [5.41, 5.74) is 0.397. The maximum atomic E-state index is 12.7. The highest BCUT2D eigenvalue weighted by Crippen LogP contribution is 2.33. The average Bonchev–Trinajstić information content (AvgIpc) is 2.88. The predicted octanol–water partition coefficient (Wildman–Crippen LogP) is 3.72. The number of amides is 1. The first-order valence-corrected chi connectivity index (χ1v) is 12.8. The third-order valence-electron chi connectivity index (χ3n) is 4.97. The van der Waals surface area contributed by atoms with Gasteiger partial charge in [0, 0.05) is 28.4 Å². The molecule has 3 aromatic rings. The molecule has 3 aromatic carbocycles. The number of nitro groups is 1. The number of ether oxygens (including phenoxy) is 3. The van der Waals surface area contributed by atoms with Crippen LogP contribution in [0.1, 0.15) is 10.4 Å². The number of halogens is 1. The van der Waals surface area contributed by atoms with Crippen LogP contribution in [0.3, 0.4) is 0 Å².